The zero-order valence-corrected chi connectivity index (χ0v) is 15.2. The number of hydrogen-bond acceptors (Lipinski definition) is 5. The number of anilines is 1. The van der Waals surface area contributed by atoms with Gasteiger partial charge in [0.25, 0.3) is 0 Å². The van der Waals surface area contributed by atoms with E-state index in [2.05, 4.69) is 55.8 Å². The van der Waals surface area contributed by atoms with Crippen LogP contribution in [-0.2, 0) is 11.3 Å². The highest BCUT2D eigenvalue weighted by atomic mass is 32.1. The lowest BCUT2D eigenvalue weighted by atomic mass is 10.2. The van der Waals surface area contributed by atoms with E-state index in [0.717, 1.165) is 43.5 Å². The van der Waals surface area contributed by atoms with Crippen LogP contribution < -0.4 is 5.32 Å². The van der Waals surface area contributed by atoms with E-state index in [-0.39, 0.29) is 5.91 Å². The van der Waals surface area contributed by atoms with Crippen molar-refractivity contribution in [2.45, 2.75) is 25.3 Å². The molecule has 1 aromatic carbocycles. The fraction of sp³-hybridized carbons (Fsp3) is 0.474. The number of rotatable bonds is 6. The van der Waals surface area contributed by atoms with E-state index in [9.17, 15) is 4.79 Å². The van der Waals surface area contributed by atoms with Gasteiger partial charge in [-0.05, 0) is 18.4 Å². The second-order valence-electron chi connectivity index (χ2n) is 6.94. The minimum Gasteiger partial charge on any atom is -0.301 e. The van der Waals surface area contributed by atoms with Crippen molar-refractivity contribution < 1.29 is 4.79 Å². The quantitative estimate of drug-likeness (QED) is 0.865. The van der Waals surface area contributed by atoms with E-state index in [1.165, 1.54) is 18.4 Å². The van der Waals surface area contributed by atoms with Crippen LogP contribution in [-0.4, -0.2) is 53.4 Å². The number of nitrogens with one attached hydrogen (secondary N) is 1. The van der Waals surface area contributed by atoms with Gasteiger partial charge in [0.05, 0.1) is 12.2 Å². The fourth-order valence-electron chi connectivity index (χ4n) is 3.22. The van der Waals surface area contributed by atoms with Crippen molar-refractivity contribution in [1.82, 2.24) is 14.8 Å². The van der Waals surface area contributed by atoms with Gasteiger partial charge in [0.15, 0.2) is 5.13 Å². The molecule has 0 spiro atoms. The Morgan fingerprint density at radius 1 is 1.12 bits per heavy atom. The summed E-state index contributed by atoms with van der Waals surface area (Å²) in [6, 6.07) is 10.6. The van der Waals surface area contributed by atoms with E-state index in [1.54, 1.807) is 11.3 Å². The van der Waals surface area contributed by atoms with Crippen LogP contribution in [0.15, 0.2) is 35.7 Å². The Kier molecular flexibility index (Phi) is 5.10. The number of nitrogens with zero attached hydrogens (tertiary/aromatic N) is 3. The van der Waals surface area contributed by atoms with Crippen LogP contribution in [0.25, 0.3) is 0 Å². The largest absolute Gasteiger partial charge is 0.301 e. The lowest BCUT2D eigenvalue weighted by Crippen LogP contribution is -2.48. The molecule has 0 bridgehead atoms. The average Bonchev–Trinajstić information content (AvgIpc) is 3.37. The van der Waals surface area contributed by atoms with Crippen LogP contribution in [0.3, 0.4) is 0 Å². The van der Waals surface area contributed by atoms with Gasteiger partial charge in [-0.15, -0.1) is 11.3 Å². The molecule has 2 heterocycles. The Labute approximate surface area is 152 Å². The van der Waals surface area contributed by atoms with E-state index >= 15 is 0 Å². The normalized spacial score (nSPS) is 19.0. The number of hydrogen-bond donors (Lipinski definition) is 1. The van der Waals surface area contributed by atoms with Crippen molar-refractivity contribution in [3.63, 3.8) is 0 Å². The van der Waals surface area contributed by atoms with Gasteiger partial charge in [-0.1, -0.05) is 30.3 Å². The third-order valence-electron chi connectivity index (χ3n) is 4.85. The van der Waals surface area contributed by atoms with E-state index < -0.39 is 0 Å². The van der Waals surface area contributed by atoms with Gasteiger partial charge in [0.1, 0.15) is 0 Å². The molecule has 2 fully saturated rings. The molecule has 0 unspecified atom stereocenters. The molecule has 1 aromatic heterocycles. The molecule has 1 aliphatic heterocycles. The number of thiazole rings is 1. The number of piperazine rings is 1. The Bertz CT molecular complexity index is 705. The van der Waals surface area contributed by atoms with Gasteiger partial charge >= 0.3 is 0 Å². The van der Waals surface area contributed by atoms with E-state index in [1.807, 2.05) is 0 Å². The fourth-order valence-corrected chi connectivity index (χ4v) is 4.03. The Balaban J connectivity index is 1.20. The first-order valence-electron chi connectivity index (χ1n) is 9.00. The molecule has 6 heteroatoms. The second kappa shape index (κ2) is 7.64. The number of benzene rings is 1. The highest BCUT2D eigenvalue weighted by molar-refractivity contribution is 7.13. The first-order chi connectivity index (χ1) is 12.3. The van der Waals surface area contributed by atoms with Crippen LogP contribution in [0.1, 0.15) is 30.0 Å². The molecular formula is C19H24N4OS. The summed E-state index contributed by atoms with van der Waals surface area (Å²) in [5, 5.41) is 5.78. The third kappa shape index (κ3) is 4.66. The highest BCUT2D eigenvalue weighted by Gasteiger charge is 2.26. The summed E-state index contributed by atoms with van der Waals surface area (Å²) in [5.74, 6) is 0.688. The van der Waals surface area contributed by atoms with Gasteiger partial charge in [-0.25, -0.2) is 4.98 Å². The molecular weight excluding hydrogens is 332 g/mol. The number of carbonyl (C=O) groups is 1. The minimum atomic E-state index is 0.0493. The summed E-state index contributed by atoms with van der Waals surface area (Å²) < 4.78 is 0. The Morgan fingerprint density at radius 3 is 2.56 bits per heavy atom. The zero-order chi connectivity index (χ0) is 17.1. The standard InChI is InChI=1S/C19H24N4OS/c24-18(21-19-20-17(14-25-19)16-6-7-16)13-23-10-8-22(9-11-23)12-15-4-2-1-3-5-15/h1-5,14,16H,6-13H2,(H,20,21,24). The van der Waals surface area contributed by atoms with Crippen molar-refractivity contribution in [1.29, 1.82) is 0 Å². The first kappa shape index (κ1) is 16.7. The lowest BCUT2D eigenvalue weighted by Gasteiger charge is -2.34. The maximum absolute atomic E-state index is 12.2. The molecule has 25 heavy (non-hydrogen) atoms. The third-order valence-corrected chi connectivity index (χ3v) is 5.62. The topological polar surface area (TPSA) is 48.5 Å². The molecule has 2 aromatic rings. The summed E-state index contributed by atoms with van der Waals surface area (Å²) in [7, 11) is 0. The Morgan fingerprint density at radius 2 is 1.84 bits per heavy atom. The average molecular weight is 356 g/mol. The van der Waals surface area contributed by atoms with Crippen LogP contribution in [0.5, 0.6) is 0 Å². The SMILES string of the molecule is O=C(CN1CCN(Cc2ccccc2)CC1)Nc1nc(C2CC2)cs1. The van der Waals surface area contributed by atoms with Crippen molar-refractivity contribution >= 4 is 22.4 Å². The van der Waals surface area contributed by atoms with E-state index in [0.29, 0.717) is 12.5 Å². The summed E-state index contributed by atoms with van der Waals surface area (Å²) in [6.45, 7) is 5.33. The van der Waals surface area contributed by atoms with Crippen molar-refractivity contribution in [2.24, 2.45) is 0 Å². The maximum atomic E-state index is 12.2. The second-order valence-corrected chi connectivity index (χ2v) is 7.80. The zero-order valence-electron chi connectivity index (χ0n) is 14.4. The monoisotopic (exact) mass is 356 g/mol. The predicted molar refractivity (Wildman–Crippen MR) is 101 cm³/mol. The molecule has 1 saturated carbocycles. The first-order valence-corrected chi connectivity index (χ1v) is 9.88. The van der Waals surface area contributed by atoms with Gasteiger partial charge in [0, 0.05) is 44.0 Å². The van der Waals surface area contributed by atoms with E-state index in [4.69, 9.17) is 0 Å². The molecule has 1 N–H and O–H groups in total. The smallest absolute Gasteiger partial charge is 0.240 e. The van der Waals surface area contributed by atoms with Crippen LogP contribution in [0.2, 0.25) is 0 Å². The molecule has 2 aliphatic rings. The minimum absolute atomic E-state index is 0.0493. The molecule has 0 atom stereocenters. The number of aromatic nitrogens is 1. The van der Waals surface area contributed by atoms with Gasteiger partial charge < -0.3 is 5.32 Å². The molecule has 132 valence electrons. The molecule has 5 nitrogen and oxygen atoms in total. The van der Waals surface area contributed by atoms with Crippen LogP contribution >= 0.6 is 11.3 Å². The van der Waals surface area contributed by atoms with Crippen LogP contribution in [0.4, 0.5) is 5.13 Å². The summed E-state index contributed by atoms with van der Waals surface area (Å²) in [6.07, 6.45) is 2.48. The summed E-state index contributed by atoms with van der Waals surface area (Å²) >= 11 is 1.54. The van der Waals surface area contributed by atoms with Crippen molar-refractivity contribution in [2.75, 3.05) is 38.0 Å². The predicted octanol–water partition coefficient (Wildman–Crippen LogP) is 2.78. The highest BCUT2D eigenvalue weighted by Crippen LogP contribution is 2.40. The number of carbonyl (C=O) groups excluding carboxylic acids is 1. The summed E-state index contributed by atoms with van der Waals surface area (Å²) in [4.78, 5) is 21.5. The molecule has 1 aliphatic carbocycles. The number of amides is 1. The van der Waals surface area contributed by atoms with Crippen molar-refractivity contribution in [3.8, 4) is 0 Å². The molecule has 4 rings (SSSR count). The van der Waals surface area contributed by atoms with Gasteiger partial charge in [0.2, 0.25) is 5.91 Å². The lowest BCUT2D eigenvalue weighted by molar-refractivity contribution is -0.117. The summed E-state index contributed by atoms with van der Waals surface area (Å²) in [5.41, 5.74) is 2.50. The molecule has 0 radical (unpaired) electrons. The Hall–Kier alpha value is -1.76. The van der Waals surface area contributed by atoms with Crippen molar-refractivity contribution in [3.05, 3.63) is 47.0 Å². The van der Waals surface area contributed by atoms with Gasteiger partial charge in [-0.2, -0.15) is 0 Å². The molecule has 1 saturated heterocycles. The van der Waals surface area contributed by atoms with Crippen LogP contribution in [0, 0.1) is 0 Å². The molecule has 1 amide bonds. The maximum Gasteiger partial charge on any atom is 0.240 e. The van der Waals surface area contributed by atoms with Gasteiger partial charge in [-0.3, -0.25) is 14.6 Å².